The number of hydrogen-bond donors (Lipinski definition) is 3. The maximum absolute atomic E-state index is 5.66. The van der Waals surface area contributed by atoms with Gasteiger partial charge in [0.05, 0.1) is 0 Å². The predicted octanol–water partition coefficient (Wildman–Crippen LogP) is -2.35. The quantitative estimate of drug-likeness (QED) is 0.391. The molecule has 0 aliphatic rings. The van der Waals surface area contributed by atoms with Gasteiger partial charge in [0.1, 0.15) is 0 Å². The van der Waals surface area contributed by atoms with E-state index in [1.807, 2.05) is 26.2 Å². The van der Waals surface area contributed by atoms with Gasteiger partial charge >= 0.3 is 84.8 Å². The second-order valence-electron chi connectivity index (χ2n) is 2.33. The van der Waals surface area contributed by atoms with Crippen LogP contribution in [0.2, 0.25) is 0 Å². The summed E-state index contributed by atoms with van der Waals surface area (Å²) >= 11 is -0.304. The third-order valence-electron chi connectivity index (χ3n) is 1.41. The van der Waals surface area contributed by atoms with Crippen molar-refractivity contribution in [1.29, 1.82) is 0 Å². The van der Waals surface area contributed by atoms with Crippen LogP contribution in [-0.4, -0.2) is 7.05 Å². The van der Waals surface area contributed by atoms with E-state index in [0.29, 0.717) is 0 Å². The summed E-state index contributed by atoms with van der Waals surface area (Å²) in [6.45, 7) is 2.05. The Balaban J connectivity index is 3.96. The van der Waals surface area contributed by atoms with Crippen LogP contribution in [0.3, 0.4) is 0 Å². The SMILES string of the molecule is CC/C(N)=C\C/C(=C/NC)[I-]N. The minimum atomic E-state index is -0.304. The van der Waals surface area contributed by atoms with Gasteiger partial charge in [0.15, 0.2) is 0 Å². The fraction of sp³-hybridized carbons (Fsp3) is 0.500. The molecule has 0 heterocycles. The molecule has 0 amide bonds. The fourth-order valence-electron chi connectivity index (χ4n) is 0.665. The predicted molar refractivity (Wildman–Crippen MR) is 48.5 cm³/mol. The fourth-order valence-corrected chi connectivity index (χ4v) is 1.63. The second kappa shape index (κ2) is 7.42. The Bertz CT molecular complexity index is 175. The van der Waals surface area contributed by atoms with Gasteiger partial charge in [-0.2, -0.15) is 0 Å². The topological polar surface area (TPSA) is 64.1 Å². The molecule has 0 bridgehead atoms. The van der Waals surface area contributed by atoms with Gasteiger partial charge in [0.25, 0.3) is 0 Å². The van der Waals surface area contributed by atoms with Crippen LogP contribution >= 0.6 is 0 Å². The molecule has 0 rings (SSSR count). The monoisotopic (exact) mass is 282 g/mol. The molecule has 0 aliphatic carbocycles. The van der Waals surface area contributed by atoms with Gasteiger partial charge in [0.2, 0.25) is 0 Å². The van der Waals surface area contributed by atoms with Crippen LogP contribution in [0.4, 0.5) is 0 Å². The summed E-state index contributed by atoms with van der Waals surface area (Å²) in [5.41, 5.74) is 6.60. The first-order valence-corrected chi connectivity index (χ1v) is 6.21. The number of rotatable bonds is 5. The molecule has 0 fully saturated rings. The minimum absolute atomic E-state index is 0.304. The Morgan fingerprint density at radius 2 is 2.25 bits per heavy atom. The molecule has 0 saturated heterocycles. The van der Waals surface area contributed by atoms with Crippen molar-refractivity contribution in [2.75, 3.05) is 7.05 Å². The molecule has 3 nitrogen and oxygen atoms in total. The summed E-state index contributed by atoms with van der Waals surface area (Å²) < 4.78 is 6.89. The molecule has 0 unspecified atom stereocenters. The van der Waals surface area contributed by atoms with E-state index in [1.54, 1.807) is 0 Å². The molecule has 5 N–H and O–H groups in total. The van der Waals surface area contributed by atoms with Crippen molar-refractivity contribution >= 4 is 0 Å². The van der Waals surface area contributed by atoms with Crippen molar-refractivity contribution < 1.29 is 21.5 Å². The third kappa shape index (κ3) is 5.42. The number of nitrogens with two attached hydrogens (primary N) is 2. The van der Waals surface area contributed by atoms with E-state index in [2.05, 4.69) is 5.32 Å². The van der Waals surface area contributed by atoms with Crippen molar-refractivity contribution in [3.8, 4) is 0 Å². The Labute approximate surface area is 84.9 Å². The summed E-state index contributed by atoms with van der Waals surface area (Å²) in [5.74, 6) is 0. The zero-order chi connectivity index (χ0) is 9.40. The Hall–Kier alpha value is -0.230. The molecule has 4 heteroatoms. The zero-order valence-electron chi connectivity index (χ0n) is 7.60. The average molecular weight is 282 g/mol. The molecule has 72 valence electrons. The van der Waals surface area contributed by atoms with Crippen LogP contribution in [0.1, 0.15) is 19.8 Å². The summed E-state index contributed by atoms with van der Waals surface area (Å²) in [6, 6.07) is 0. The second-order valence-corrected chi connectivity index (χ2v) is 4.33. The van der Waals surface area contributed by atoms with Gasteiger partial charge in [0, 0.05) is 0 Å². The van der Waals surface area contributed by atoms with Crippen molar-refractivity contribution in [1.82, 2.24) is 5.32 Å². The van der Waals surface area contributed by atoms with Gasteiger partial charge in [-0.15, -0.1) is 0 Å². The molecular formula is C8H17IN3-. The molecule has 12 heavy (non-hydrogen) atoms. The van der Waals surface area contributed by atoms with Gasteiger partial charge in [-0.1, -0.05) is 0 Å². The first kappa shape index (κ1) is 11.8. The molecular weight excluding hydrogens is 265 g/mol. The summed E-state index contributed by atoms with van der Waals surface area (Å²) in [7, 11) is 1.88. The van der Waals surface area contributed by atoms with Crippen LogP contribution < -0.4 is 36.5 Å². The van der Waals surface area contributed by atoms with Crippen LogP contribution in [0.15, 0.2) is 21.6 Å². The average Bonchev–Trinajstić information content (AvgIpc) is 2.11. The number of nitrogens with one attached hydrogen (secondary N) is 1. The van der Waals surface area contributed by atoms with E-state index in [0.717, 1.165) is 18.5 Å². The number of allylic oxidation sites excluding steroid dienone is 3. The molecule has 0 aliphatic heterocycles. The van der Waals surface area contributed by atoms with Crippen molar-refractivity contribution in [3.05, 3.63) is 21.6 Å². The van der Waals surface area contributed by atoms with E-state index < -0.39 is 0 Å². The number of halogens is 1. The Kier molecular flexibility index (Phi) is 7.28. The molecule has 0 atom stereocenters. The van der Waals surface area contributed by atoms with Gasteiger partial charge < -0.3 is 0 Å². The van der Waals surface area contributed by atoms with E-state index in [9.17, 15) is 0 Å². The molecule has 0 aromatic rings. The van der Waals surface area contributed by atoms with E-state index in [-0.39, 0.29) is 21.5 Å². The summed E-state index contributed by atoms with van der Waals surface area (Å²) in [4.78, 5) is 0. The van der Waals surface area contributed by atoms with E-state index in [1.165, 1.54) is 3.58 Å². The standard InChI is InChI=1S/C8H17IN3/c1-3-8(10)5-4-7(9-11)6-12-2/h5-6,12H,3-4,10-11H2,1-2H3/q-1/b7-6-,8-5+. The van der Waals surface area contributed by atoms with Crippen LogP contribution in [-0.2, 0) is 0 Å². The zero-order valence-corrected chi connectivity index (χ0v) is 9.76. The summed E-state index contributed by atoms with van der Waals surface area (Å²) in [6.07, 6.45) is 5.81. The van der Waals surface area contributed by atoms with Gasteiger partial charge in [-0.05, 0) is 0 Å². The summed E-state index contributed by atoms with van der Waals surface area (Å²) in [5, 5.41) is 2.98. The van der Waals surface area contributed by atoms with Gasteiger partial charge in [-0.3, -0.25) is 0 Å². The van der Waals surface area contributed by atoms with Crippen molar-refractivity contribution in [2.24, 2.45) is 9.68 Å². The molecule has 0 radical (unpaired) electrons. The molecule has 0 aromatic carbocycles. The van der Waals surface area contributed by atoms with E-state index in [4.69, 9.17) is 9.68 Å². The third-order valence-corrected chi connectivity index (χ3v) is 2.96. The van der Waals surface area contributed by atoms with E-state index >= 15 is 0 Å². The van der Waals surface area contributed by atoms with Crippen molar-refractivity contribution in [2.45, 2.75) is 19.8 Å². The normalized spacial score (nSPS) is 13.6. The van der Waals surface area contributed by atoms with Crippen LogP contribution in [0, 0.1) is 0 Å². The molecule has 0 saturated carbocycles. The first-order chi connectivity index (χ1) is 5.74. The Morgan fingerprint density at radius 1 is 1.58 bits per heavy atom. The molecule has 0 spiro atoms. The van der Waals surface area contributed by atoms with Crippen LogP contribution in [0.5, 0.6) is 0 Å². The van der Waals surface area contributed by atoms with Crippen molar-refractivity contribution in [3.63, 3.8) is 0 Å². The van der Waals surface area contributed by atoms with Crippen LogP contribution in [0.25, 0.3) is 0 Å². The Morgan fingerprint density at radius 3 is 2.67 bits per heavy atom. The van der Waals surface area contributed by atoms with Gasteiger partial charge in [-0.25, -0.2) is 0 Å². The first-order valence-electron chi connectivity index (χ1n) is 3.88. The maximum atomic E-state index is 5.66. The molecule has 0 aromatic heterocycles. The number of hydrogen-bond acceptors (Lipinski definition) is 3.